The molecule has 0 unspecified atom stereocenters. The summed E-state index contributed by atoms with van der Waals surface area (Å²) in [5.41, 5.74) is 5.17. The van der Waals surface area contributed by atoms with Crippen molar-refractivity contribution < 1.29 is 13.9 Å². The van der Waals surface area contributed by atoms with Crippen LogP contribution >= 0.6 is 27.5 Å². The summed E-state index contributed by atoms with van der Waals surface area (Å²) in [7, 11) is 1.54. The Morgan fingerprint density at radius 2 is 1.88 bits per heavy atom. The van der Waals surface area contributed by atoms with Crippen molar-refractivity contribution in [3.05, 3.63) is 86.8 Å². The molecule has 5 rings (SSSR count). The van der Waals surface area contributed by atoms with Gasteiger partial charge in [-0.15, -0.1) is 0 Å². The molecule has 0 aliphatic rings. The molecule has 1 aromatic heterocycles. The largest absolute Gasteiger partial charge is 0.495 e. The highest BCUT2D eigenvalue weighted by atomic mass is 79.9. The molecule has 0 spiro atoms. The SMILES string of the molecule is COc1c(C(=O)Nc2ccc(Cl)c(-c3nc4cc(C)cc(C)c4o3)c2)cc2ccccc2c1Br. The van der Waals surface area contributed by atoms with Gasteiger partial charge in [0.15, 0.2) is 5.58 Å². The maximum Gasteiger partial charge on any atom is 0.259 e. The third-order valence-corrected chi connectivity index (χ3v) is 6.78. The van der Waals surface area contributed by atoms with Gasteiger partial charge < -0.3 is 14.5 Å². The lowest BCUT2D eigenvalue weighted by molar-refractivity contribution is 0.102. The van der Waals surface area contributed by atoms with Crippen molar-refractivity contribution in [3.8, 4) is 17.2 Å². The number of fused-ring (bicyclic) bond motifs is 2. The Hall–Kier alpha value is -3.35. The lowest BCUT2D eigenvalue weighted by Gasteiger charge is -2.14. The first-order valence-corrected chi connectivity index (χ1v) is 11.8. The highest BCUT2D eigenvalue weighted by molar-refractivity contribution is 9.10. The number of aromatic nitrogens is 1. The van der Waals surface area contributed by atoms with E-state index in [1.807, 2.05) is 56.3 Å². The number of hydrogen-bond donors (Lipinski definition) is 1. The van der Waals surface area contributed by atoms with Gasteiger partial charge in [-0.3, -0.25) is 4.79 Å². The van der Waals surface area contributed by atoms with Crippen molar-refractivity contribution in [2.45, 2.75) is 13.8 Å². The second-order valence-electron chi connectivity index (χ2n) is 8.09. The maximum absolute atomic E-state index is 13.3. The number of aryl methyl sites for hydroxylation is 2. The fourth-order valence-electron chi connectivity index (χ4n) is 4.11. The molecule has 1 N–H and O–H groups in total. The van der Waals surface area contributed by atoms with Crippen LogP contribution in [0.1, 0.15) is 21.5 Å². The van der Waals surface area contributed by atoms with Crippen LogP contribution < -0.4 is 10.1 Å². The lowest BCUT2D eigenvalue weighted by atomic mass is 10.0. The van der Waals surface area contributed by atoms with Gasteiger partial charge in [-0.05, 0) is 82.0 Å². The Balaban J connectivity index is 1.53. The molecular weight excluding hydrogens is 516 g/mol. The van der Waals surface area contributed by atoms with Crippen molar-refractivity contribution in [2.24, 2.45) is 0 Å². The first-order chi connectivity index (χ1) is 16.4. The van der Waals surface area contributed by atoms with Crippen LogP contribution in [0.15, 0.2) is 69.6 Å². The normalized spacial score (nSPS) is 11.2. The summed E-state index contributed by atoms with van der Waals surface area (Å²) >= 11 is 10.1. The minimum Gasteiger partial charge on any atom is -0.495 e. The molecule has 0 fully saturated rings. The van der Waals surface area contributed by atoms with Gasteiger partial charge in [0, 0.05) is 5.69 Å². The zero-order valence-corrected chi connectivity index (χ0v) is 21.0. The second kappa shape index (κ2) is 8.78. The van der Waals surface area contributed by atoms with Gasteiger partial charge in [0.2, 0.25) is 5.89 Å². The van der Waals surface area contributed by atoms with Crippen LogP contribution in [0.3, 0.4) is 0 Å². The predicted molar refractivity (Wildman–Crippen MR) is 140 cm³/mol. The number of hydrogen-bond acceptors (Lipinski definition) is 4. The number of anilines is 1. The Morgan fingerprint density at radius 1 is 1.09 bits per heavy atom. The number of nitrogens with one attached hydrogen (secondary N) is 1. The average molecular weight is 536 g/mol. The van der Waals surface area contributed by atoms with Gasteiger partial charge in [-0.25, -0.2) is 4.98 Å². The van der Waals surface area contributed by atoms with Crippen LogP contribution in [0.4, 0.5) is 5.69 Å². The molecule has 0 radical (unpaired) electrons. The van der Waals surface area contributed by atoms with Gasteiger partial charge >= 0.3 is 0 Å². The van der Waals surface area contributed by atoms with Crippen molar-refractivity contribution in [3.63, 3.8) is 0 Å². The first kappa shape index (κ1) is 22.4. The number of rotatable bonds is 4. The quantitative estimate of drug-likeness (QED) is 0.254. The number of benzene rings is 4. The van der Waals surface area contributed by atoms with Crippen LogP contribution in [0.25, 0.3) is 33.3 Å². The van der Waals surface area contributed by atoms with E-state index in [9.17, 15) is 4.79 Å². The lowest BCUT2D eigenvalue weighted by Crippen LogP contribution is -2.13. The van der Waals surface area contributed by atoms with E-state index in [0.717, 1.165) is 37.5 Å². The number of methoxy groups -OCH3 is 1. The third-order valence-electron chi connectivity index (χ3n) is 5.66. The molecule has 0 aliphatic heterocycles. The van der Waals surface area contributed by atoms with E-state index in [1.54, 1.807) is 25.3 Å². The topological polar surface area (TPSA) is 64.4 Å². The van der Waals surface area contributed by atoms with Gasteiger partial charge in [0.1, 0.15) is 11.3 Å². The van der Waals surface area contributed by atoms with E-state index >= 15 is 0 Å². The summed E-state index contributed by atoms with van der Waals surface area (Å²) in [6.45, 7) is 4.00. The zero-order valence-electron chi connectivity index (χ0n) is 18.7. The van der Waals surface area contributed by atoms with E-state index in [1.165, 1.54) is 0 Å². The molecule has 170 valence electrons. The number of amides is 1. The molecule has 34 heavy (non-hydrogen) atoms. The Morgan fingerprint density at radius 3 is 2.68 bits per heavy atom. The van der Waals surface area contributed by atoms with Crippen LogP contribution in [-0.4, -0.2) is 18.0 Å². The van der Waals surface area contributed by atoms with Crippen molar-refractivity contribution in [1.82, 2.24) is 4.98 Å². The Bertz CT molecular complexity index is 1590. The van der Waals surface area contributed by atoms with E-state index in [4.69, 9.17) is 20.8 Å². The molecule has 0 saturated carbocycles. The molecule has 1 amide bonds. The predicted octanol–water partition coefficient (Wildman–Crippen LogP) is 7.94. The standard InChI is InChI=1S/C27H20BrClN2O3/c1-14-10-15(2)24-22(11-14)31-27(34-24)19-13-17(8-9-21(19)29)30-26(32)20-12-16-6-4-5-7-18(16)23(28)25(20)33-3/h4-13H,1-3H3,(H,30,32). The summed E-state index contributed by atoms with van der Waals surface area (Å²) in [5.74, 6) is 0.562. The summed E-state index contributed by atoms with van der Waals surface area (Å²) in [4.78, 5) is 17.9. The van der Waals surface area contributed by atoms with Crippen LogP contribution in [0, 0.1) is 13.8 Å². The van der Waals surface area contributed by atoms with Crippen molar-refractivity contribution in [1.29, 1.82) is 0 Å². The summed E-state index contributed by atoms with van der Waals surface area (Å²) < 4.78 is 12.3. The molecule has 5 aromatic rings. The van der Waals surface area contributed by atoms with E-state index < -0.39 is 0 Å². The molecule has 0 atom stereocenters. The summed E-state index contributed by atoms with van der Waals surface area (Å²) in [6, 6.07) is 18.8. The van der Waals surface area contributed by atoms with Crippen molar-refractivity contribution >= 4 is 61.0 Å². The molecule has 0 bridgehead atoms. The third kappa shape index (κ3) is 3.93. The monoisotopic (exact) mass is 534 g/mol. The molecule has 0 aliphatic carbocycles. The number of halogens is 2. The Labute approximate surface area is 209 Å². The highest BCUT2D eigenvalue weighted by Crippen LogP contribution is 2.38. The van der Waals surface area contributed by atoms with Crippen LogP contribution in [0.2, 0.25) is 5.02 Å². The number of carbonyl (C=O) groups is 1. The van der Waals surface area contributed by atoms with Crippen LogP contribution in [0.5, 0.6) is 5.75 Å². The molecule has 1 heterocycles. The number of ether oxygens (including phenoxy) is 1. The molecular formula is C27H20BrClN2O3. The summed E-state index contributed by atoms with van der Waals surface area (Å²) in [6.07, 6.45) is 0. The Kier molecular flexibility index (Phi) is 5.80. The second-order valence-corrected chi connectivity index (χ2v) is 9.29. The number of oxazole rings is 1. The average Bonchev–Trinajstić information content (AvgIpc) is 3.24. The zero-order chi connectivity index (χ0) is 24.0. The minimum atomic E-state index is -0.305. The van der Waals surface area contributed by atoms with Gasteiger partial charge in [-0.2, -0.15) is 0 Å². The fraction of sp³-hybridized carbons (Fsp3) is 0.111. The molecule has 7 heteroatoms. The highest BCUT2D eigenvalue weighted by Gasteiger charge is 2.20. The molecule has 4 aromatic carbocycles. The van der Waals surface area contributed by atoms with Crippen molar-refractivity contribution in [2.75, 3.05) is 12.4 Å². The van der Waals surface area contributed by atoms with E-state index in [0.29, 0.717) is 33.5 Å². The first-order valence-electron chi connectivity index (χ1n) is 10.6. The molecule has 5 nitrogen and oxygen atoms in total. The van der Waals surface area contributed by atoms with Gasteiger partial charge in [0.05, 0.1) is 27.7 Å². The van der Waals surface area contributed by atoms with Gasteiger partial charge in [-0.1, -0.05) is 41.9 Å². The fourth-order valence-corrected chi connectivity index (χ4v) is 5.04. The smallest absolute Gasteiger partial charge is 0.259 e. The number of nitrogens with zero attached hydrogens (tertiary/aromatic N) is 1. The molecule has 0 saturated heterocycles. The summed E-state index contributed by atoms with van der Waals surface area (Å²) in [5, 5.41) is 5.31. The van der Waals surface area contributed by atoms with E-state index in [-0.39, 0.29) is 5.91 Å². The number of carbonyl (C=O) groups excluding carboxylic acids is 1. The maximum atomic E-state index is 13.3. The van der Waals surface area contributed by atoms with E-state index in [2.05, 4.69) is 26.2 Å². The minimum absolute atomic E-state index is 0.305. The van der Waals surface area contributed by atoms with Crippen LogP contribution in [-0.2, 0) is 0 Å². The van der Waals surface area contributed by atoms with Gasteiger partial charge in [0.25, 0.3) is 5.91 Å².